The van der Waals surface area contributed by atoms with Gasteiger partial charge in [-0.15, -0.1) is 0 Å². The lowest BCUT2D eigenvalue weighted by Gasteiger charge is -2.18. The first-order chi connectivity index (χ1) is 9.88. The van der Waals surface area contributed by atoms with Crippen LogP contribution in [0.4, 0.5) is 4.79 Å². The van der Waals surface area contributed by atoms with E-state index in [0.29, 0.717) is 24.6 Å². The first-order valence-corrected chi connectivity index (χ1v) is 6.92. The number of aromatic carboxylic acids is 1. The smallest absolute Gasteiger partial charge is 0.339 e. The van der Waals surface area contributed by atoms with Crippen molar-refractivity contribution in [3.8, 4) is 0 Å². The van der Waals surface area contributed by atoms with Gasteiger partial charge in [-0.2, -0.15) is 0 Å². The summed E-state index contributed by atoms with van der Waals surface area (Å²) in [7, 11) is 0. The average Bonchev–Trinajstić information content (AvgIpc) is 3.02. The summed E-state index contributed by atoms with van der Waals surface area (Å²) in [5.41, 5.74) is 0.106. The van der Waals surface area contributed by atoms with Crippen molar-refractivity contribution in [3.63, 3.8) is 0 Å². The highest BCUT2D eigenvalue weighted by Gasteiger charge is 2.29. The molecule has 2 amide bonds. The molecule has 3 N–H and O–H groups in total. The van der Waals surface area contributed by atoms with Crippen LogP contribution in [0.2, 0.25) is 0 Å². The fourth-order valence-corrected chi connectivity index (χ4v) is 2.48. The highest BCUT2D eigenvalue weighted by atomic mass is 16.4. The van der Waals surface area contributed by atoms with E-state index in [2.05, 4.69) is 5.32 Å². The maximum absolute atomic E-state index is 12.0. The number of nitrogens with one attached hydrogen (secondary N) is 1. The van der Waals surface area contributed by atoms with Gasteiger partial charge in [-0.1, -0.05) is 0 Å². The van der Waals surface area contributed by atoms with Gasteiger partial charge in [-0.25, -0.2) is 9.59 Å². The summed E-state index contributed by atoms with van der Waals surface area (Å²) in [6, 6.07) is 1.18. The number of aliphatic hydroxyl groups is 1. The third-order valence-corrected chi connectivity index (χ3v) is 3.81. The number of rotatable bonds is 4. The molecule has 0 aliphatic carbocycles. The van der Waals surface area contributed by atoms with Crippen molar-refractivity contribution in [2.45, 2.75) is 32.9 Å². The number of amides is 2. The second-order valence-electron chi connectivity index (χ2n) is 5.38. The Balaban J connectivity index is 1.87. The van der Waals surface area contributed by atoms with Crippen molar-refractivity contribution in [1.29, 1.82) is 0 Å². The summed E-state index contributed by atoms with van der Waals surface area (Å²) in [5.74, 6) is -0.208. The molecular formula is C14H20N2O5. The monoisotopic (exact) mass is 296 g/mol. The number of carboxylic acids is 1. The number of hydrogen-bond acceptors (Lipinski definition) is 4. The number of nitrogens with zero attached hydrogens (tertiary/aromatic N) is 1. The van der Waals surface area contributed by atoms with Gasteiger partial charge in [0, 0.05) is 19.0 Å². The van der Waals surface area contributed by atoms with E-state index in [1.54, 1.807) is 18.7 Å². The van der Waals surface area contributed by atoms with Crippen LogP contribution in [0.5, 0.6) is 0 Å². The molecule has 2 rings (SSSR count). The third kappa shape index (κ3) is 3.55. The maximum Gasteiger partial charge on any atom is 0.339 e. The predicted molar refractivity (Wildman–Crippen MR) is 74.0 cm³/mol. The van der Waals surface area contributed by atoms with E-state index in [1.807, 2.05) is 0 Å². The van der Waals surface area contributed by atoms with Crippen molar-refractivity contribution in [3.05, 3.63) is 23.2 Å². The molecule has 7 heteroatoms. The van der Waals surface area contributed by atoms with E-state index in [4.69, 9.17) is 9.52 Å². The molecule has 1 aromatic heterocycles. The topological polar surface area (TPSA) is 103 Å². The Labute approximate surface area is 122 Å². The Morgan fingerprint density at radius 1 is 1.57 bits per heavy atom. The number of aryl methyl sites for hydroxylation is 1. The van der Waals surface area contributed by atoms with Crippen LogP contribution in [0, 0.1) is 12.8 Å². The van der Waals surface area contributed by atoms with Crippen LogP contribution in [-0.2, 0) is 6.54 Å². The van der Waals surface area contributed by atoms with Gasteiger partial charge in [0.1, 0.15) is 17.1 Å². The highest BCUT2D eigenvalue weighted by Crippen LogP contribution is 2.20. The fourth-order valence-electron chi connectivity index (χ4n) is 2.48. The molecule has 0 spiro atoms. The van der Waals surface area contributed by atoms with Gasteiger partial charge in [0.25, 0.3) is 0 Å². The lowest BCUT2D eigenvalue weighted by molar-refractivity contribution is 0.0695. The molecule has 0 saturated carbocycles. The molecule has 1 aliphatic heterocycles. The first kappa shape index (κ1) is 15.4. The van der Waals surface area contributed by atoms with Crippen molar-refractivity contribution in [1.82, 2.24) is 10.2 Å². The van der Waals surface area contributed by atoms with Crippen LogP contribution >= 0.6 is 0 Å². The van der Waals surface area contributed by atoms with Gasteiger partial charge in [-0.05, 0) is 26.3 Å². The molecule has 2 heterocycles. The van der Waals surface area contributed by atoms with Gasteiger partial charge in [0.15, 0.2) is 0 Å². The second-order valence-corrected chi connectivity index (χ2v) is 5.38. The molecular weight excluding hydrogens is 276 g/mol. The molecule has 1 aromatic rings. The number of aliphatic hydroxyl groups excluding tert-OH is 1. The minimum absolute atomic E-state index is 0.106. The summed E-state index contributed by atoms with van der Waals surface area (Å²) in [6.45, 7) is 4.58. The Morgan fingerprint density at radius 3 is 2.81 bits per heavy atom. The third-order valence-electron chi connectivity index (χ3n) is 3.81. The van der Waals surface area contributed by atoms with Gasteiger partial charge < -0.3 is 24.8 Å². The molecule has 1 aliphatic rings. The summed E-state index contributed by atoms with van der Waals surface area (Å²) in [5, 5.41) is 21.1. The Hall–Kier alpha value is -2.02. The van der Waals surface area contributed by atoms with Crippen molar-refractivity contribution in [2.24, 2.45) is 5.92 Å². The van der Waals surface area contributed by atoms with Crippen LogP contribution in [0.15, 0.2) is 10.5 Å². The quantitative estimate of drug-likeness (QED) is 0.774. The van der Waals surface area contributed by atoms with Crippen molar-refractivity contribution in [2.75, 3.05) is 13.1 Å². The first-order valence-electron chi connectivity index (χ1n) is 6.92. The van der Waals surface area contributed by atoms with E-state index in [0.717, 1.165) is 6.42 Å². The molecule has 21 heavy (non-hydrogen) atoms. The van der Waals surface area contributed by atoms with Crippen molar-refractivity contribution >= 4 is 12.0 Å². The maximum atomic E-state index is 12.0. The molecule has 7 nitrogen and oxygen atoms in total. The zero-order chi connectivity index (χ0) is 15.6. The van der Waals surface area contributed by atoms with E-state index < -0.39 is 12.1 Å². The number of likely N-dealkylation sites (tertiary alicyclic amines) is 1. The lowest BCUT2D eigenvalue weighted by Crippen LogP contribution is -2.38. The molecule has 2 unspecified atom stereocenters. The zero-order valence-electron chi connectivity index (χ0n) is 12.1. The summed E-state index contributed by atoms with van der Waals surface area (Å²) in [6.07, 6.45) is 0.363. The Morgan fingerprint density at radius 2 is 2.29 bits per heavy atom. The summed E-state index contributed by atoms with van der Waals surface area (Å²) in [4.78, 5) is 24.5. The highest BCUT2D eigenvalue weighted by molar-refractivity contribution is 5.88. The normalized spacial score (nSPS) is 19.6. The number of hydrogen-bond donors (Lipinski definition) is 3. The van der Waals surface area contributed by atoms with Crippen LogP contribution in [-0.4, -0.2) is 46.3 Å². The van der Waals surface area contributed by atoms with Crippen LogP contribution < -0.4 is 5.32 Å². The number of carboxylic acid groups (broad SMARTS) is 1. The molecule has 0 aromatic carbocycles. The van der Waals surface area contributed by atoms with Gasteiger partial charge in [0.05, 0.1) is 12.6 Å². The Bertz CT molecular complexity index is 537. The number of urea groups is 1. The fraction of sp³-hybridized carbons (Fsp3) is 0.571. The van der Waals surface area contributed by atoms with E-state index >= 15 is 0 Å². The SMILES string of the molecule is Cc1oc(CNC(=O)N2CCC(C(C)O)C2)cc1C(=O)O. The standard InChI is InChI=1S/C14H20N2O5/c1-8(17)10-3-4-16(7-10)14(20)15-6-11-5-12(13(18)19)9(2)21-11/h5,8,10,17H,3-4,6-7H2,1-2H3,(H,15,20)(H,18,19). The number of carbonyl (C=O) groups is 2. The predicted octanol–water partition coefficient (Wildman–Crippen LogP) is 1.20. The van der Waals surface area contributed by atoms with Crippen LogP contribution in [0.1, 0.15) is 35.2 Å². The molecule has 1 fully saturated rings. The van der Waals surface area contributed by atoms with Crippen molar-refractivity contribution < 1.29 is 24.2 Å². The zero-order valence-corrected chi connectivity index (χ0v) is 12.1. The van der Waals surface area contributed by atoms with E-state index in [9.17, 15) is 14.7 Å². The largest absolute Gasteiger partial charge is 0.478 e. The van der Waals surface area contributed by atoms with Crippen LogP contribution in [0.25, 0.3) is 0 Å². The minimum Gasteiger partial charge on any atom is -0.478 e. The second kappa shape index (κ2) is 6.17. The summed E-state index contributed by atoms with van der Waals surface area (Å²) >= 11 is 0. The van der Waals surface area contributed by atoms with E-state index in [1.165, 1.54) is 6.07 Å². The Kier molecular flexibility index (Phi) is 4.52. The van der Waals surface area contributed by atoms with Gasteiger partial charge >= 0.3 is 12.0 Å². The van der Waals surface area contributed by atoms with E-state index in [-0.39, 0.29) is 24.1 Å². The molecule has 116 valence electrons. The number of carbonyl (C=O) groups excluding carboxylic acids is 1. The molecule has 1 saturated heterocycles. The summed E-state index contributed by atoms with van der Waals surface area (Å²) < 4.78 is 5.29. The van der Waals surface area contributed by atoms with Crippen LogP contribution in [0.3, 0.4) is 0 Å². The molecule has 0 bridgehead atoms. The lowest BCUT2D eigenvalue weighted by atomic mass is 10.0. The average molecular weight is 296 g/mol. The number of furan rings is 1. The van der Waals surface area contributed by atoms with Gasteiger partial charge in [-0.3, -0.25) is 0 Å². The van der Waals surface area contributed by atoms with Gasteiger partial charge in [0.2, 0.25) is 0 Å². The molecule has 0 radical (unpaired) electrons. The molecule has 2 atom stereocenters. The minimum atomic E-state index is -1.05.